The van der Waals surface area contributed by atoms with Gasteiger partial charge in [-0.1, -0.05) is 12.1 Å². The number of carbonyl (C=O) groups is 1. The molecule has 0 bridgehead atoms. The van der Waals surface area contributed by atoms with Gasteiger partial charge in [-0.25, -0.2) is 9.97 Å². The molecule has 1 aromatic carbocycles. The monoisotopic (exact) mass is 284 g/mol. The molecule has 2 aromatic heterocycles. The molecule has 3 rings (SSSR count). The fourth-order valence-corrected chi connectivity index (χ4v) is 2.37. The fraction of sp³-hybridized carbons (Fsp3) is 0.0714. The number of aryl methyl sites for hydroxylation is 1. The van der Waals surface area contributed by atoms with Crippen LogP contribution in [0.5, 0.6) is 0 Å². The molecule has 1 amide bonds. The summed E-state index contributed by atoms with van der Waals surface area (Å²) in [6.07, 6.45) is 3.46. The van der Waals surface area contributed by atoms with Crippen LogP contribution in [0.4, 0.5) is 5.69 Å². The second-order valence-electron chi connectivity index (χ2n) is 4.30. The van der Waals surface area contributed by atoms with Crippen LogP contribution in [0.25, 0.3) is 11.4 Å². The van der Waals surface area contributed by atoms with E-state index in [9.17, 15) is 4.79 Å². The number of hydrogen-bond donors (Lipinski definition) is 2. The van der Waals surface area contributed by atoms with E-state index in [1.165, 1.54) is 11.3 Å². The zero-order chi connectivity index (χ0) is 13.9. The summed E-state index contributed by atoms with van der Waals surface area (Å²) in [4.78, 5) is 23.3. The van der Waals surface area contributed by atoms with Gasteiger partial charge in [-0.3, -0.25) is 4.79 Å². The van der Waals surface area contributed by atoms with Crippen LogP contribution < -0.4 is 5.32 Å². The number of aromatic amines is 1. The van der Waals surface area contributed by atoms with Crippen LogP contribution >= 0.6 is 11.3 Å². The van der Waals surface area contributed by atoms with Crippen LogP contribution in [0.15, 0.2) is 41.5 Å². The van der Waals surface area contributed by atoms with Crippen molar-refractivity contribution >= 4 is 22.9 Å². The summed E-state index contributed by atoms with van der Waals surface area (Å²) in [5.74, 6) is 0.570. The highest BCUT2D eigenvalue weighted by atomic mass is 32.1. The number of nitrogens with one attached hydrogen (secondary N) is 2. The first-order chi connectivity index (χ1) is 9.74. The molecule has 0 aliphatic rings. The standard InChI is InChI=1S/C14H12N4OS/c1-9-2-3-10(13-15-4-5-16-13)6-11(9)18-14(19)12-7-20-8-17-12/h2-8H,1H3,(H,15,16)(H,18,19). The number of imidazole rings is 1. The first-order valence-electron chi connectivity index (χ1n) is 6.04. The van der Waals surface area contributed by atoms with Crippen molar-refractivity contribution in [2.45, 2.75) is 6.92 Å². The predicted molar refractivity (Wildman–Crippen MR) is 78.8 cm³/mol. The molecule has 0 aliphatic carbocycles. The molecular formula is C14H12N4OS. The van der Waals surface area contributed by atoms with Gasteiger partial charge in [0.2, 0.25) is 0 Å². The normalized spacial score (nSPS) is 10.4. The van der Waals surface area contributed by atoms with E-state index in [0.717, 1.165) is 22.6 Å². The molecule has 2 heterocycles. The first kappa shape index (κ1) is 12.6. The Morgan fingerprint density at radius 3 is 2.95 bits per heavy atom. The Labute approximate surface area is 119 Å². The summed E-state index contributed by atoms with van der Waals surface area (Å²) >= 11 is 1.40. The van der Waals surface area contributed by atoms with Crippen molar-refractivity contribution in [1.82, 2.24) is 15.0 Å². The summed E-state index contributed by atoms with van der Waals surface area (Å²) in [5.41, 5.74) is 4.74. The van der Waals surface area contributed by atoms with Crippen LogP contribution in [0.2, 0.25) is 0 Å². The molecule has 0 spiro atoms. The molecule has 100 valence electrons. The highest BCUT2D eigenvalue weighted by Crippen LogP contribution is 2.23. The third-order valence-electron chi connectivity index (χ3n) is 2.92. The van der Waals surface area contributed by atoms with E-state index in [2.05, 4.69) is 20.3 Å². The Kier molecular flexibility index (Phi) is 3.30. The minimum Gasteiger partial charge on any atom is -0.345 e. The lowest BCUT2D eigenvalue weighted by atomic mass is 10.1. The van der Waals surface area contributed by atoms with Gasteiger partial charge in [0, 0.05) is 29.0 Å². The highest BCUT2D eigenvalue weighted by Gasteiger charge is 2.11. The molecule has 3 aromatic rings. The van der Waals surface area contributed by atoms with E-state index in [1.54, 1.807) is 23.3 Å². The number of aromatic nitrogens is 3. The Hall–Kier alpha value is -2.47. The van der Waals surface area contributed by atoms with E-state index in [4.69, 9.17) is 0 Å². The van der Waals surface area contributed by atoms with Crippen molar-refractivity contribution in [2.24, 2.45) is 0 Å². The maximum atomic E-state index is 12.0. The molecule has 2 N–H and O–H groups in total. The third-order valence-corrected chi connectivity index (χ3v) is 3.51. The SMILES string of the molecule is Cc1ccc(-c2ncc[nH]2)cc1NC(=O)c1cscn1. The fourth-order valence-electron chi connectivity index (χ4n) is 1.84. The lowest BCUT2D eigenvalue weighted by Gasteiger charge is -2.09. The van der Waals surface area contributed by atoms with E-state index >= 15 is 0 Å². The first-order valence-corrected chi connectivity index (χ1v) is 6.98. The molecule has 20 heavy (non-hydrogen) atoms. The molecule has 0 unspecified atom stereocenters. The number of anilines is 1. The van der Waals surface area contributed by atoms with E-state index < -0.39 is 0 Å². The molecule has 0 saturated carbocycles. The van der Waals surface area contributed by atoms with Gasteiger partial charge in [-0.2, -0.15) is 0 Å². The highest BCUT2D eigenvalue weighted by molar-refractivity contribution is 7.07. The van der Waals surface area contributed by atoms with Gasteiger partial charge in [0.25, 0.3) is 5.91 Å². The number of nitrogens with zero attached hydrogens (tertiary/aromatic N) is 2. The number of thiazole rings is 1. The quantitative estimate of drug-likeness (QED) is 0.776. The van der Waals surface area contributed by atoms with Crippen molar-refractivity contribution in [3.63, 3.8) is 0 Å². The van der Waals surface area contributed by atoms with Crippen LogP contribution in [0.3, 0.4) is 0 Å². The van der Waals surface area contributed by atoms with E-state index in [1.807, 2.05) is 25.1 Å². The molecule has 0 atom stereocenters. The molecule has 5 nitrogen and oxygen atoms in total. The van der Waals surface area contributed by atoms with E-state index in [0.29, 0.717) is 5.69 Å². The van der Waals surface area contributed by atoms with Crippen molar-refractivity contribution in [1.29, 1.82) is 0 Å². The van der Waals surface area contributed by atoms with Gasteiger partial charge in [0.1, 0.15) is 11.5 Å². The number of H-pyrrole nitrogens is 1. The van der Waals surface area contributed by atoms with Crippen LogP contribution in [-0.4, -0.2) is 20.9 Å². The number of rotatable bonds is 3. The zero-order valence-electron chi connectivity index (χ0n) is 10.8. The lowest BCUT2D eigenvalue weighted by molar-refractivity contribution is 0.102. The maximum absolute atomic E-state index is 12.0. The molecule has 0 fully saturated rings. The number of amides is 1. The number of carbonyl (C=O) groups excluding carboxylic acids is 1. The van der Waals surface area contributed by atoms with Crippen LogP contribution in [0.1, 0.15) is 16.1 Å². The summed E-state index contributed by atoms with van der Waals surface area (Å²) in [6.45, 7) is 1.95. The van der Waals surface area contributed by atoms with E-state index in [-0.39, 0.29) is 5.91 Å². The summed E-state index contributed by atoms with van der Waals surface area (Å²) < 4.78 is 0. The average Bonchev–Trinajstić information content (AvgIpc) is 3.14. The topological polar surface area (TPSA) is 70.7 Å². The average molecular weight is 284 g/mol. The van der Waals surface area contributed by atoms with Gasteiger partial charge in [-0.15, -0.1) is 11.3 Å². The Bertz CT molecular complexity index is 720. The maximum Gasteiger partial charge on any atom is 0.275 e. The lowest BCUT2D eigenvalue weighted by Crippen LogP contribution is -2.13. The third kappa shape index (κ3) is 2.46. The molecule has 0 radical (unpaired) electrons. The van der Waals surface area contributed by atoms with Gasteiger partial charge >= 0.3 is 0 Å². The predicted octanol–water partition coefficient (Wildman–Crippen LogP) is 3.09. The second-order valence-corrected chi connectivity index (χ2v) is 5.01. The van der Waals surface area contributed by atoms with Crippen molar-refractivity contribution < 1.29 is 4.79 Å². The van der Waals surface area contributed by atoms with Crippen molar-refractivity contribution in [3.05, 3.63) is 52.7 Å². The number of benzene rings is 1. The summed E-state index contributed by atoms with van der Waals surface area (Å²) in [6, 6.07) is 5.82. The zero-order valence-corrected chi connectivity index (χ0v) is 11.6. The molecular weight excluding hydrogens is 272 g/mol. The minimum atomic E-state index is -0.203. The van der Waals surface area contributed by atoms with Gasteiger partial charge < -0.3 is 10.3 Å². The Balaban J connectivity index is 1.89. The summed E-state index contributed by atoms with van der Waals surface area (Å²) in [7, 11) is 0. The minimum absolute atomic E-state index is 0.203. The van der Waals surface area contributed by atoms with Crippen LogP contribution in [0, 0.1) is 6.92 Å². The Morgan fingerprint density at radius 1 is 1.35 bits per heavy atom. The van der Waals surface area contributed by atoms with Gasteiger partial charge in [0.15, 0.2) is 0 Å². The second kappa shape index (κ2) is 5.26. The molecule has 0 saturated heterocycles. The number of hydrogen-bond acceptors (Lipinski definition) is 4. The molecule has 0 aliphatic heterocycles. The van der Waals surface area contributed by atoms with Gasteiger partial charge in [0.05, 0.1) is 5.51 Å². The smallest absolute Gasteiger partial charge is 0.275 e. The van der Waals surface area contributed by atoms with Crippen LogP contribution in [-0.2, 0) is 0 Å². The van der Waals surface area contributed by atoms with Crippen molar-refractivity contribution in [3.8, 4) is 11.4 Å². The Morgan fingerprint density at radius 2 is 2.25 bits per heavy atom. The van der Waals surface area contributed by atoms with Crippen molar-refractivity contribution in [2.75, 3.05) is 5.32 Å². The largest absolute Gasteiger partial charge is 0.345 e. The molecule has 6 heteroatoms. The van der Waals surface area contributed by atoms with Gasteiger partial charge in [-0.05, 0) is 18.6 Å². The summed E-state index contributed by atoms with van der Waals surface area (Å²) in [5, 5.41) is 4.60.